The van der Waals surface area contributed by atoms with Crippen molar-refractivity contribution in [3.8, 4) is 0 Å². The standard InChI is InChI=1S/C60H67N9O19P2/c61-67-64-50-55(83-48(44(70)31-38-19-7-1-8-20-38)52(73)58(50,76)35-42-27-15-5-16-28-42)86-89(78,79)85-47-37-57(75,34-41-25-13-4-14-26-41)60(66-69-63,54(82-47)46(72)33-40-23-11-3-12-24-40)88-90(80,81)87-56-51(65-68-62)59(77,36-43-29-17-6-18-30-43)53(74)49(84-56)45(71)32-39-21-9-2-10-22-39/h1-30,44-56,70-77H,31-37H2,(H,78,79)(H,80,81)/t44?,45?,46?,47-,48+,49+,50+,51+,52+,53+,54+,55-,56-,57+,58+,59+,60-/m0/s1. The fraction of sp³-hybridized carbons (Fsp3) is 0.400. The lowest BCUT2D eigenvalue weighted by Crippen LogP contribution is -2.71. The van der Waals surface area contributed by atoms with Crippen molar-refractivity contribution in [3.63, 3.8) is 0 Å². The lowest BCUT2D eigenvalue weighted by molar-refractivity contribution is -0.323. The monoisotopic (exact) mass is 1280 g/mol. The van der Waals surface area contributed by atoms with Crippen LogP contribution in [0.15, 0.2) is 197 Å². The average molecular weight is 1280 g/mol. The summed E-state index contributed by atoms with van der Waals surface area (Å²) >= 11 is 0. The molecule has 0 aliphatic carbocycles. The van der Waals surface area contributed by atoms with Crippen molar-refractivity contribution in [2.24, 2.45) is 15.3 Å². The first-order chi connectivity index (χ1) is 43.0. The fourth-order valence-corrected chi connectivity index (χ4v) is 13.9. The van der Waals surface area contributed by atoms with Crippen molar-refractivity contribution >= 4 is 15.6 Å². The van der Waals surface area contributed by atoms with Crippen LogP contribution in [-0.2, 0) is 80.0 Å². The van der Waals surface area contributed by atoms with Crippen LogP contribution in [-0.4, -0.2) is 153 Å². The SMILES string of the molecule is [N-]=[N+]=N[C@@H]1[C@H](OP(=O)(O)O[C@H]2C[C@](O)(Cc3ccccc3)[C@@](N=[N+]=[N-])(OP(=O)(O)O[C@@H]3O[C@H](C(O)Cc4ccccc4)[C@@H](O)[C@@](O)(Cc4ccccc4)[C@@H]3N=[N+]=[N-])[C@@H](C(O)Cc3ccccc3)O2)O[C@H](C(O)Cc2ccccc2)[C@@H](O)[C@@]1(O)Cc1ccccc1. The molecule has 9 rings (SSSR count). The quantitative estimate of drug-likeness (QED) is 0.0118. The van der Waals surface area contributed by atoms with Crippen LogP contribution in [0.3, 0.4) is 0 Å². The summed E-state index contributed by atoms with van der Waals surface area (Å²) in [5, 5.41) is 110. The van der Waals surface area contributed by atoms with Crippen LogP contribution < -0.4 is 0 Å². The van der Waals surface area contributed by atoms with Gasteiger partial charge >= 0.3 is 15.6 Å². The third-order valence-electron chi connectivity index (χ3n) is 16.1. The number of aliphatic hydroxyl groups is 8. The number of azide groups is 3. The Balaban J connectivity index is 1.10. The highest BCUT2D eigenvalue weighted by Gasteiger charge is 2.68. The molecule has 6 aromatic carbocycles. The summed E-state index contributed by atoms with van der Waals surface area (Å²) in [7, 11) is -12.2. The molecule has 3 saturated heterocycles. The van der Waals surface area contributed by atoms with Gasteiger partial charge in [0, 0.05) is 59.7 Å². The summed E-state index contributed by atoms with van der Waals surface area (Å²) in [6.45, 7) is 0. The van der Waals surface area contributed by atoms with E-state index in [0.717, 1.165) is 0 Å². The zero-order valence-electron chi connectivity index (χ0n) is 47.8. The highest BCUT2D eigenvalue weighted by Crippen LogP contribution is 2.60. The van der Waals surface area contributed by atoms with E-state index in [2.05, 4.69) is 30.1 Å². The van der Waals surface area contributed by atoms with Crippen LogP contribution in [0.5, 0.6) is 0 Å². The molecule has 0 radical (unpaired) electrons. The molecule has 3 aliphatic rings. The van der Waals surface area contributed by atoms with Crippen molar-refractivity contribution in [1.29, 1.82) is 0 Å². The highest BCUT2D eigenvalue weighted by atomic mass is 31.2. The first-order valence-electron chi connectivity index (χ1n) is 28.4. The number of phosphoric ester groups is 2. The molecule has 28 nitrogen and oxygen atoms in total. The summed E-state index contributed by atoms with van der Waals surface area (Å²) in [5.74, 6) is 0. The number of aliphatic hydroxyl groups excluding tert-OH is 5. The van der Waals surface area contributed by atoms with Crippen LogP contribution in [0.2, 0.25) is 0 Å². The largest absolute Gasteiger partial charge is 0.476 e. The Hall–Kier alpha value is -6.97. The molecular formula is C60H67N9O19P2. The number of phosphoric acid groups is 2. The summed E-state index contributed by atoms with van der Waals surface area (Å²) in [6.07, 6.45) is -27.3. The van der Waals surface area contributed by atoms with Crippen molar-refractivity contribution in [2.45, 2.75) is 147 Å². The van der Waals surface area contributed by atoms with Gasteiger partial charge in [-0.15, -0.1) is 0 Å². The van der Waals surface area contributed by atoms with Crippen molar-refractivity contribution in [3.05, 3.63) is 247 Å². The summed E-state index contributed by atoms with van der Waals surface area (Å²) in [4.78, 5) is 32.8. The van der Waals surface area contributed by atoms with Crippen molar-refractivity contribution < 1.29 is 92.1 Å². The molecule has 0 saturated carbocycles. The first kappa shape index (κ1) is 67.4. The number of hydrogen-bond donors (Lipinski definition) is 10. The molecule has 0 bridgehead atoms. The zero-order chi connectivity index (χ0) is 64.3. The van der Waals surface area contributed by atoms with Crippen molar-refractivity contribution in [1.82, 2.24) is 0 Å². The molecule has 476 valence electrons. The van der Waals surface area contributed by atoms with Gasteiger partial charge < -0.3 is 64.8 Å². The van der Waals surface area contributed by atoms with E-state index in [1.165, 1.54) is 36.4 Å². The molecule has 0 amide bonds. The van der Waals surface area contributed by atoms with Crippen LogP contribution in [0, 0.1) is 0 Å². The lowest BCUT2D eigenvalue weighted by Gasteiger charge is -2.54. The predicted octanol–water partition coefficient (Wildman–Crippen LogP) is 6.64. The highest BCUT2D eigenvalue weighted by molar-refractivity contribution is 7.47. The maximum Gasteiger partial charge on any atom is 0.476 e. The van der Waals surface area contributed by atoms with E-state index in [9.17, 15) is 71.8 Å². The van der Waals surface area contributed by atoms with E-state index in [-0.39, 0.29) is 18.4 Å². The number of ether oxygens (including phenoxy) is 3. The van der Waals surface area contributed by atoms with Gasteiger partial charge in [-0.1, -0.05) is 197 Å². The Bertz CT molecular complexity index is 3580. The topological polar surface area (TPSA) is 447 Å². The van der Waals surface area contributed by atoms with Crippen LogP contribution in [0.25, 0.3) is 31.3 Å². The molecule has 5 unspecified atom stereocenters. The molecule has 3 aliphatic heterocycles. The van der Waals surface area contributed by atoms with Gasteiger partial charge in [0.1, 0.15) is 59.4 Å². The molecule has 6 aromatic rings. The van der Waals surface area contributed by atoms with Gasteiger partial charge in [0.2, 0.25) is 5.72 Å². The Labute approximate surface area is 515 Å². The predicted molar refractivity (Wildman–Crippen MR) is 318 cm³/mol. The van der Waals surface area contributed by atoms with E-state index in [1.54, 1.807) is 146 Å². The Morgan fingerprint density at radius 1 is 0.489 bits per heavy atom. The summed E-state index contributed by atoms with van der Waals surface area (Å²) in [5.41, 5.74) is 20.8. The van der Waals surface area contributed by atoms with Crippen molar-refractivity contribution in [2.75, 3.05) is 0 Å². The maximum atomic E-state index is 15.3. The van der Waals surface area contributed by atoms with E-state index in [0.29, 0.717) is 27.8 Å². The summed E-state index contributed by atoms with van der Waals surface area (Å²) < 4.78 is 71.2. The molecule has 30 heteroatoms. The number of benzene rings is 6. The molecule has 0 spiro atoms. The average Bonchev–Trinajstić information content (AvgIpc) is 0.735. The molecular weight excluding hydrogens is 1210 g/mol. The van der Waals surface area contributed by atoms with E-state index in [4.69, 9.17) is 32.3 Å². The smallest absolute Gasteiger partial charge is 0.390 e. The minimum atomic E-state index is -6.28. The third-order valence-corrected chi connectivity index (χ3v) is 18.1. The number of nitrogens with zero attached hydrogens (tertiary/aromatic N) is 9. The molecule has 3 heterocycles. The minimum absolute atomic E-state index is 0.161. The molecule has 90 heavy (non-hydrogen) atoms. The summed E-state index contributed by atoms with van der Waals surface area (Å²) in [6, 6.07) is 43.8. The lowest BCUT2D eigenvalue weighted by atomic mass is 9.75. The van der Waals surface area contributed by atoms with E-state index >= 15 is 4.57 Å². The second-order valence-electron chi connectivity index (χ2n) is 22.3. The van der Waals surface area contributed by atoms with Crippen LogP contribution >= 0.6 is 15.6 Å². The Morgan fingerprint density at radius 3 is 1.20 bits per heavy atom. The van der Waals surface area contributed by atoms with Gasteiger partial charge in [0.05, 0.1) is 18.3 Å². The van der Waals surface area contributed by atoms with Gasteiger partial charge in [-0.2, -0.15) is 0 Å². The van der Waals surface area contributed by atoms with Crippen LogP contribution in [0.1, 0.15) is 39.8 Å². The minimum Gasteiger partial charge on any atom is -0.390 e. The second-order valence-corrected chi connectivity index (χ2v) is 25.0. The molecule has 3 fully saturated rings. The maximum absolute atomic E-state index is 15.3. The fourth-order valence-electron chi connectivity index (χ4n) is 11.9. The van der Waals surface area contributed by atoms with E-state index in [1.807, 2.05) is 0 Å². The Kier molecular flexibility index (Phi) is 21.8. The Morgan fingerprint density at radius 2 is 0.833 bits per heavy atom. The molecule has 19 atom stereocenters. The van der Waals surface area contributed by atoms with E-state index < -0.39 is 150 Å². The van der Waals surface area contributed by atoms with Gasteiger partial charge in [0.15, 0.2) is 18.9 Å². The number of rotatable bonds is 26. The zero-order valence-corrected chi connectivity index (χ0v) is 49.6. The molecule has 0 aromatic heterocycles. The van der Waals surface area contributed by atoms with Gasteiger partial charge in [-0.25, -0.2) is 9.13 Å². The van der Waals surface area contributed by atoms with Crippen LogP contribution in [0.4, 0.5) is 0 Å². The normalized spacial score (nSPS) is 31.6. The van der Waals surface area contributed by atoms with Gasteiger partial charge in [-0.05, 0) is 50.0 Å². The first-order valence-corrected chi connectivity index (χ1v) is 31.4. The second kappa shape index (κ2) is 29.1. The third kappa shape index (κ3) is 15.5. The number of hydrogen-bond acceptors (Lipinski definition) is 20. The van der Waals surface area contributed by atoms with Gasteiger partial charge in [0.25, 0.3) is 0 Å². The van der Waals surface area contributed by atoms with Gasteiger partial charge in [-0.3, -0.25) is 18.1 Å². The molecule has 10 N–H and O–H groups in total.